The van der Waals surface area contributed by atoms with Crippen molar-refractivity contribution in [2.45, 2.75) is 6.42 Å². The number of hydrogen-bond donors (Lipinski definition) is 1. The van der Waals surface area contributed by atoms with E-state index in [0.29, 0.717) is 0 Å². The first-order valence-corrected chi connectivity index (χ1v) is 4.93. The highest BCUT2D eigenvalue weighted by Crippen LogP contribution is 2.21. The predicted molar refractivity (Wildman–Crippen MR) is 49.6 cm³/mol. The van der Waals surface area contributed by atoms with E-state index in [0.717, 1.165) is 13.0 Å². The molecule has 1 aromatic rings. The average Bonchev–Trinajstić information content (AvgIpc) is 2.31. The fraction of sp³-hybridized carbons (Fsp3) is 0.429. The average molecular weight is 220 g/mol. The molecule has 3 heteroatoms. The lowest BCUT2D eigenvalue weighted by molar-refractivity contribution is 0.792. The van der Waals surface area contributed by atoms with Gasteiger partial charge in [-0.2, -0.15) is 11.3 Å². The molecule has 0 aliphatic carbocycles. The number of rotatable bonds is 3. The molecule has 0 aliphatic rings. The zero-order valence-corrected chi connectivity index (χ0v) is 8.26. The van der Waals surface area contributed by atoms with Crippen LogP contribution in [0.3, 0.4) is 0 Å². The topological polar surface area (TPSA) is 12.0 Å². The molecule has 0 atom stereocenters. The van der Waals surface area contributed by atoms with Crippen molar-refractivity contribution in [3.8, 4) is 0 Å². The standard InChI is InChI=1S/C7H10BrNS/c1-9-3-2-6-4-10-5-7(6)8/h4-5,9H,2-3H2,1H3. The summed E-state index contributed by atoms with van der Waals surface area (Å²) in [6.45, 7) is 1.05. The van der Waals surface area contributed by atoms with E-state index >= 15 is 0 Å². The zero-order valence-electron chi connectivity index (χ0n) is 5.86. The number of likely N-dealkylation sites (N-methyl/N-ethyl adjacent to an activating group) is 1. The van der Waals surface area contributed by atoms with Gasteiger partial charge in [-0.15, -0.1) is 0 Å². The first-order valence-electron chi connectivity index (χ1n) is 3.19. The maximum Gasteiger partial charge on any atom is 0.0314 e. The maximum absolute atomic E-state index is 3.48. The Morgan fingerprint density at radius 2 is 2.40 bits per heavy atom. The molecule has 0 aromatic carbocycles. The summed E-state index contributed by atoms with van der Waals surface area (Å²) in [4.78, 5) is 0. The van der Waals surface area contributed by atoms with Crippen LogP contribution in [0, 0.1) is 0 Å². The third-order valence-electron chi connectivity index (χ3n) is 1.33. The van der Waals surface area contributed by atoms with Crippen LogP contribution >= 0.6 is 27.3 Å². The zero-order chi connectivity index (χ0) is 7.40. The molecule has 1 rings (SSSR count). The normalized spacial score (nSPS) is 10.2. The Hall–Kier alpha value is 0.140. The van der Waals surface area contributed by atoms with Gasteiger partial charge in [-0.25, -0.2) is 0 Å². The summed E-state index contributed by atoms with van der Waals surface area (Å²) < 4.78 is 1.24. The van der Waals surface area contributed by atoms with Gasteiger partial charge in [0.05, 0.1) is 0 Å². The lowest BCUT2D eigenvalue weighted by Crippen LogP contribution is -2.09. The van der Waals surface area contributed by atoms with Crippen LogP contribution in [0.4, 0.5) is 0 Å². The van der Waals surface area contributed by atoms with Crippen LogP contribution in [0.15, 0.2) is 15.2 Å². The fourth-order valence-electron chi connectivity index (χ4n) is 0.746. The third-order valence-corrected chi connectivity index (χ3v) is 3.17. The number of hydrogen-bond acceptors (Lipinski definition) is 2. The minimum Gasteiger partial charge on any atom is -0.319 e. The van der Waals surface area contributed by atoms with E-state index in [2.05, 4.69) is 32.0 Å². The molecule has 0 amide bonds. The largest absolute Gasteiger partial charge is 0.319 e. The second-order valence-corrected chi connectivity index (χ2v) is 3.70. The van der Waals surface area contributed by atoms with Crippen LogP contribution in [-0.4, -0.2) is 13.6 Å². The molecule has 0 saturated heterocycles. The van der Waals surface area contributed by atoms with Gasteiger partial charge in [0.25, 0.3) is 0 Å². The van der Waals surface area contributed by atoms with Gasteiger partial charge in [-0.3, -0.25) is 0 Å². The van der Waals surface area contributed by atoms with Crippen LogP contribution in [-0.2, 0) is 6.42 Å². The molecular weight excluding hydrogens is 210 g/mol. The Kier molecular flexibility index (Phi) is 3.39. The summed E-state index contributed by atoms with van der Waals surface area (Å²) in [6.07, 6.45) is 1.11. The summed E-state index contributed by atoms with van der Waals surface area (Å²) in [5.74, 6) is 0. The van der Waals surface area contributed by atoms with E-state index in [4.69, 9.17) is 0 Å². The van der Waals surface area contributed by atoms with Gasteiger partial charge in [-0.1, -0.05) is 0 Å². The van der Waals surface area contributed by atoms with Gasteiger partial charge in [0.1, 0.15) is 0 Å². The van der Waals surface area contributed by atoms with Crippen molar-refractivity contribution in [1.29, 1.82) is 0 Å². The lowest BCUT2D eigenvalue weighted by Gasteiger charge is -1.96. The molecule has 0 aliphatic heterocycles. The van der Waals surface area contributed by atoms with Gasteiger partial charge >= 0.3 is 0 Å². The lowest BCUT2D eigenvalue weighted by atomic mass is 10.2. The maximum atomic E-state index is 3.48. The van der Waals surface area contributed by atoms with E-state index in [9.17, 15) is 0 Å². The summed E-state index contributed by atoms with van der Waals surface area (Å²) in [6, 6.07) is 0. The highest BCUT2D eigenvalue weighted by molar-refractivity contribution is 9.10. The van der Waals surface area contributed by atoms with Gasteiger partial charge in [-0.05, 0) is 46.9 Å². The van der Waals surface area contributed by atoms with Gasteiger partial charge in [0.2, 0.25) is 0 Å². The molecule has 0 radical (unpaired) electrons. The Morgan fingerprint density at radius 3 is 2.90 bits per heavy atom. The van der Waals surface area contributed by atoms with Gasteiger partial charge in [0, 0.05) is 9.85 Å². The van der Waals surface area contributed by atoms with Gasteiger partial charge < -0.3 is 5.32 Å². The van der Waals surface area contributed by atoms with E-state index < -0.39 is 0 Å². The number of nitrogens with one attached hydrogen (secondary N) is 1. The first kappa shape index (κ1) is 8.24. The van der Waals surface area contributed by atoms with Crippen molar-refractivity contribution in [2.24, 2.45) is 0 Å². The highest BCUT2D eigenvalue weighted by Gasteiger charge is 1.97. The van der Waals surface area contributed by atoms with Crippen LogP contribution in [0.1, 0.15) is 5.56 Å². The van der Waals surface area contributed by atoms with Crippen molar-refractivity contribution >= 4 is 27.3 Å². The van der Waals surface area contributed by atoms with E-state index in [1.54, 1.807) is 11.3 Å². The van der Waals surface area contributed by atoms with Crippen LogP contribution < -0.4 is 5.32 Å². The Labute approximate surface area is 73.6 Å². The minimum absolute atomic E-state index is 1.05. The van der Waals surface area contributed by atoms with E-state index in [-0.39, 0.29) is 0 Å². The predicted octanol–water partition coefficient (Wildman–Crippen LogP) is 2.27. The van der Waals surface area contributed by atoms with Crippen molar-refractivity contribution in [3.63, 3.8) is 0 Å². The third kappa shape index (κ3) is 2.08. The monoisotopic (exact) mass is 219 g/mol. The molecule has 10 heavy (non-hydrogen) atoms. The van der Waals surface area contributed by atoms with E-state index in [1.807, 2.05) is 7.05 Å². The van der Waals surface area contributed by atoms with E-state index in [1.165, 1.54) is 10.0 Å². The molecule has 0 fully saturated rings. The van der Waals surface area contributed by atoms with Crippen molar-refractivity contribution in [3.05, 3.63) is 20.8 Å². The van der Waals surface area contributed by atoms with Crippen LogP contribution in [0.5, 0.6) is 0 Å². The summed E-state index contributed by atoms with van der Waals surface area (Å²) in [5, 5.41) is 7.42. The Morgan fingerprint density at radius 1 is 1.60 bits per heavy atom. The Balaban J connectivity index is 2.49. The van der Waals surface area contributed by atoms with Gasteiger partial charge in [0.15, 0.2) is 0 Å². The first-order chi connectivity index (χ1) is 4.84. The summed E-state index contributed by atoms with van der Waals surface area (Å²) >= 11 is 5.22. The fourth-order valence-corrected chi connectivity index (χ4v) is 2.28. The smallest absolute Gasteiger partial charge is 0.0314 e. The minimum atomic E-state index is 1.05. The van der Waals surface area contributed by atoms with Crippen molar-refractivity contribution < 1.29 is 0 Å². The van der Waals surface area contributed by atoms with Crippen LogP contribution in [0.2, 0.25) is 0 Å². The highest BCUT2D eigenvalue weighted by atomic mass is 79.9. The molecular formula is C7H10BrNS. The quantitative estimate of drug-likeness (QED) is 0.823. The molecule has 1 aromatic heterocycles. The second-order valence-electron chi connectivity index (χ2n) is 2.10. The number of halogens is 1. The number of thiophene rings is 1. The molecule has 56 valence electrons. The molecule has 0 spiro atoms. The second kappa shape index (κ2) is 4.11. The Bertz CT molecular complexity index is 197. The molecule has 0 saturated carbocycles. The molecule has 0 bridgehead atoms. The summed E-state index contributed by atoms with van der Waals surface area (Å²) in [5.41, 5.74) is 1.40. The van der Waals surface area contributed by atoms with Crippen LogP contribution in [0.25, 0.3) is 0 Å². The van der Waals surface area contributed by atoms with Crippen molar-refractivity contribution in [1.82, 2.24) is 5.32 Å². The SMILES string of the molecule is CNCCc1cscc1Br. The molecule has 0 unspecified atom stereocenters. The molecule has 1 N–H and O–H groups in total. The molecule has 1 nitrogen and oxygen atoms in total. The van der Waals surface area contributed by atoms with Crippen molar-refractivity contribution in [2.75, 3.05) is 13.6 Å². The molecule has 1 heterocycles. The summed E-state index contributed by atoms with van der Waals surface area (Å²) in [7, 11) is 1.97.